The van der Waals surface area contributed by atoms with Gasteiger partial charge < -0.3 is 11.1 Å². The molecule has 0 spiro atoms. The molecule has 4 nitrogen and oxygen atoms in total. The van der Waals surface area contributed by atoms with E-state index in [1.807, 2.05) is 6.92 Å². The summed E-state index contributed by atoms with van der Waals surface area (Å²) in [5, 5.41) is 2.98. The van der Waals surface area contributed by atoms with Crippen LogP contribution in [0.5, 0.6) is 0 Å². The van der Waals surface area contributed by atoms with E-state index in [-0.39, 0.29) is 18.5 Å². The van der Waals surface area contributed by atoms with Crippen LogP contribution in [0.15, 0.2) is 18.5 Å². The lowest BCUT2D eigenvalue weighted by Crippen LogP contribution is -2.33. The summed E-state index contributed by atoms with van der Waals surface area (Å²) in [6.45, 7) is 4.42. The zero-order valence-corrected chi connectivity index (χ0v) is 11.6. The van der Waals surface area contributed by atoms with Crippen molar-refractivity contribution in [3.8, 4) is 11.8 Å². The second-order valence-corrected chi connectivity index (χ2v) is 4.44. The lowest BCUT2D eigenvalue weighted by Gasteiger charge is -2.13. The second kappa shape index (κ2) is 8.28. The Hall–Kier alpha value is -1.86. The molecule has 0 saturated heterocycles. The van der Waals surface area contributed by atoms with Gasteiger partial charge in [-0.1, -0.05) is 31.6 Å². The van der Waals surface area contributed by atoms with Crippen LogP contribution in [0.1, 0.15) is 49.0 Å². The number of unbranched alkanes of at least 4 members (excludes halogenated alkanes) is 1. The van der Waals surface area contributed by atoms with Gasteiger partial charge in [-0.15, -0.1) is 0 Å². The number of aromatic nitrogens is 1. The van der Waals surface area contributed by atoms with Gasteiger partial charge in [0, 0.05) is 18.4 Å². The largest absolute Gasteiger partial charge is 0.350 e. The third-order valence-electron chi connectivity index (χ3n) is 2.76. The van der Waals surface area contributed by atoms with Gasteiger partial charge >= 0.3 is 0 Å². The molecule has 19 heavy (non-hydrogen) atoms. The van der Waals surface area contributed by atoms with Crippen molar-refractivity contribution < 1.29 is 4.79 Å². The van der Waals surface area contributed by atoms with Crippen LogP contribution in [0.2, 0.25) is 0 Å². The fourth-order valence-corrected chi connectivity index (χ4v) is 1.72. The Kier molecular flexibility index (Phi) is 6.62. The molecule has 1 atom stereocenters. The molecule has 0 fully saturated rings. The fraction of sp³-hybridized carbons (Fsp3) is 0.467. The molecule has 4 heteroatoms. The third kappa shape index (κ3) is 5.11. The standard InChI is InChI=1S/C15H21N3O/c1-3-4-6-12(2)18-15(19)14-8-10-17-11-13(14)7-5-9-16/h8,10-12H,3-4,6,9,16H2,1-2H3,(H,18,19). The summed E-state index contributed by atoms with van der Waals surface area (Å²) in [4.78, 5) is 16.2. The van der Waals surface area contributed by atoms with Gasteiger partial charge in [-0.05, 0) is 19.4 Å². The van der Waals surface area contributed by atoms with Gasteiger partial charge in [0.05, 0.1) is 17.7 Å². The van der Waals surface area contributed by atoms with Crippen LogP contribution in [0.25, 0.3) is 0 Å². The van der Waals surface area contributed by atoms with Gasteiger partial charge in [-0.25, -0.2) is 0 Å². The van der Waals surface area contributed by atoms with E-state index in [0.29, 0.717) is 11.1 Å². The highest BCUT2D eigenvalue weighted by molar-refractivity contribution is 5.96. The molecule has 0 aromatic carbocycles. The smallest absolute Gasteiger partial charge is 0.252 e. The van der Waals surface area contributed by atoms with Crippen LogP contribution in [0.4, 0.5) is 0 Å². The highest BCUT2D eigenvalue weighted by Crippen LogP contribution is 2.07. The van der Waals surface area contributed by atoms with Gasteiger partial charge in [0.2, 0.25) is 0 Å². The maximum atomic E-state index is 12.2. The Labute approximate surface area is 114 Å². The maximum Gasteiger partial charge on any atom is 0.252 e. The molecule has 0 aliphatic carbocycles. The molecule has 1 heterocycles. The summed E-state index contributed by atoms with van der Waals surface area (Å²) < 4.78 is 0. The minimum atomic E-state index is -0.104. The molecule has 102 valence electrons. The average Bonchev–Trinajstić information content (AvgIpc) is 2.43. The zero-order chi connectivity index (χ0) is 14.1. The van der Waals surface area contributed by atoms with E-state index in [0.717, 1.165) is 19.3 Å². The van der Waals surface area contributed by atoms with E-state index in [4.69, 9.17) is 5.73 Å². The summed E-state index contributed by atoms with van der Waals surface area (Å²) in [7, 11) is 0. The van der Waals surface area contributed by atoms with Gasteiger partial charge in [0.25, 0.3) is 5.91 Å². The Bertz CT molecular complexity index is 474. The summed E-state index contributed by atoms with van der Waals surface area (Å²) in [5.41, 5.74) is 6.52. The zero-order valence-electron chi connectivity index (χ0n) is 11.6. The number of nitrogens with one attached hydrogen (secondary N) is 1. The van der Waals surface area contributed by atoms with Gasteiger partial charge in [-0.3, -0.25) is 9.78 Å². The van der Waals surface area contributed by atoms with Crippen molar-refractivity contribution >= 4 is 5.91 Å². The van der Waals surface area contributed by atoms with Crippen LogP contribution >= 0.6 is 0 Å². The Morgan fingerprint density at radius 1 is 1.58 bits per heavy atom. The van der Waals surface area contributed by atoms with Crippen LogP contribution in [-0.2, 0) is 0 Å². The number of rotatable bonds is 5. The van der Waals surface area contributed by atoms with E-state index < -0.39 is 0 Å². The Morgan fingerprint density at radius 3 is 3.05 bits per heavy atom. The molecule has 0 saturated carbocycles. The molecule has 1 amide bonds. The summed E-state index contributed by atoms with van der Waals surface area (Å²) >= 11 is 0. The van der Waals surface area contributed by atoms with Crippen molar-refractivity contribution in [2.24, 2.45) is 5.73 Å². The molecule has 1 aromatic rings. The van der Waals surface area contributed by atoms with Gasteiger partial charge in [0.15, 0.2) is 0 Å². The predicted molar refractivity (Wildman–Crippen MR) is 76.6 cm³/mol. The SMILES string of the molecule is CCCCC(C)NC(=O)c1ccncc1C#CCN. The molecule has 0 bridgehead atoms. The molecule has 0 aliphatic rings. The highest BCUT2D eigenvalue weighted by atomic mass is 16.1. The van der Waals surface area contributed by atoms with Crippen molar-refractivity contribution in [1.82, 2.24) is 10.3 Å². The first kappa shape index (κ1) is 15.2. The number of hydrogen-bond donors (Lipinski definition) is 2. The van der Waals surface area contributed by atoms with Crippen molar-refractivity contribution in [3.63, 3.8) is 0 Å². The number of hydrogen-bond acceptors (Lipinski definition) is 3. The quantitative estimate of drug-likeness (QED) is 0.791. The number of nitrogens with two attached hydrogens (primary N) is 1. The number of amides is 1. The molecule has 1 unspecified atom stereocenters. The molecule has 0 radical (unpaired) electrons. The predicted octanol–water partition coefficient (Wildman–Crippen LogP) is 1.70. The van der Waals surface area contributed by atoms with E-state index in [1.54, 1.807) is 18.5 Å². The van der Waals surface area contributed by atoms with Crippen LogP contribution < -0.4 is 11.1 Å². The van der Waals surface area contributed by atoms with Crippen LogP contribution in [0, 0.1) is 11.8 Å². The Morgan fingerprint density at radius 2 is 2.37 bits per heavy atom. The van der Waals surface area contributed by atoms with Crippen LogP contribution in [0.3, 0.4) is 0 Å². The van der Waals surface area contributed by atoms with E-state index in [9.17, 15) is 4.79 Å². The third-order valence-corrected chi connectivity index (χ3v) is 2.76. The number of pyridine rings is 1. The normalized spacial score (nSPS) is 11.3. The lowest BCUT2D eigenvalue weighted by molar-refractivity contribution is 0.0937. The van der Waals surface area contributed by atoms with E-state index >= 15 is 0 Å². The first-order valence-corrected chi connectivity index (χ1v) is 6.62. The van der Waals surface area contributed by atoms with Crippen molar-refractivity contribution in [2.75, 3.05) is 6.54 Å². The summed E-state index contributed by atoms with van der Waals surface area (Å²) in [6.07, 6.45) is 6.41. The Balaban J connectivity index is 2.76. The van der Waals surface area contributed by atoms with Crippen LogP contribution in [-0.4, -0.2) is 23.5 Å². The maximum absolute atomic E-state index is 12.2. The molecular formula is C15H21N3O. The lowest BCUT2D eigenvalue weighted by atomic mass is 10.1. The molecule has 0 aliphatic heterocycles. The first-order chi connectivity index (χ1) is 9.19. The first-order valence-electron chi connectivity index (χ1n) is 6.62. The number of carbonyl (C=O) groups is 1. The average molecular weight is 259 g/mol. The molecule has 1 aromatic heterocycles. The van der Waals surface area contributed by atoms with Crippen molar-refractivity contribution in [3.05, 3.63) is 29.6 Å². The van der Waals surface area contributed by atoms with E-state index in [1.165, 1.54) is 0 Å². The van der Waals surface area contributed by atoms with Crippen molar-refractivity contribution in [2.45, 2.75) is 39.2 Å². The minimum absolute atomic E-state index is 0.104. The van der Waals surface area contributed by atoms with Crippen molar-refractivity contribution in [1.29, 1.82) is 0 Å². The highest BCUT2D eigenvalue weighted by Gasteiger charge is 2.12. The minimum Gasteiger partial charge on any atom is -0.350 e. The topological polar surface area (TPSA) is 68.0 Å². The summed E-state index contributed by atoms with van der Waals surface area (Å²) in [5.74, 6) is 5.51. The van der Waals surface area contributed by atoms with Gasteiger partial charge in [-0.2, -0.15) is 0 Å². The van der Waals surface area contributed by atoms with Gasteiger partial charge in [0.1, 0.15) is 0 Å². The second-order valence-electron chi connectivity index (χ2n) is 4.44. The number of nitrogens with zero attached hydrogens (tertiary/aromatic N) is 1. The number of carbonyl (C=O) groups excluding carboxylic acids is 1. The molecule has 3 N–H and O–H groups in total. The molecule has 1 rings (SSSR count). The molecular weight excluding hydrogens is 238 g/mol. The summed E-state index contributed by atoms with van der Waals surface area (Å²) in [6, 6.07) is 1.85. The monoisotopic (exact) mass is 259 g/mol. The van der Waals surface area contributed by atoms with E-state index in [2.05, 4.69) is 29.1 Å². The fourth-order valence-electron chi connectivity index (χ4n) is 1.72.